The molecule has 0 fully saturated rings. The van der Waals surface area contributed by atoms with Crippen LogP contribution in [0.1, 0.15) is 43.4 Å². The van der Waals surface area contributed by atoms with E-state index in [0.29, 0.717) is 22.8 Å². The van der Waals surface area contributed by atoms with Gasteiger partial charge in [-0.2, -0.15) is 0 Å². The van der Waals surface area contributed by atoms with Crippen LogP contribution in [0.25, 0.3) is 0 Å². The Kier molecular flexibility index (Phi) is 10.5. The lowest BCUT2D eigenvalue weighted by molar-refractivity contribution is -0.139. The summed E-state index contributed by atoms with van der Waals surface area (Å²) < 4.78 is 28.8. The number of unbranched alkanes of at least 4 members (excludes halogenated alkanes) is 1. The van der Waals surface area contributed by atoms with Gasteiger partial charge in [0.05, 0.1) is 10.6 Å². The van der Waals surface area contributed by atoms with Crippen LogP contribution in [0.4, 0.5) is 5.69 Å². The van der Waals surface area contributed by atoms with Crippen molar-refractivity contribution in [3.8, 4) is 0 Å². The number of nitrogens with zero attached hydrogens (tertiary/aromatic N) is 2. The van der Waals surface area contributed by atoms with E-state index in [0.717, 1.165) is 28.3 Å². The van der Waals surface area contributed by atoms with E-state index in [1.807, 2.05) is 26.8 Å². The maximum atomic E-state index is 13.9. The van der Waals surface area contributed by atoms with Crippen molar-refractivity contribution in [2.45, 2.75) is 58.0 Å². The summed E-state index contributed by atoms with van der Waals surface area (Å²) in [5.74, 6) is -0.835. The Morgan fingerprint density at radius 2 is 1.62 bits per heavy atom. The van der Waals surface area contributed by atoms with Gasteiger partial charge in [-0.25, -0.2) is 8.42 Å². The monoisotopic (exact) mass is 569 g/mol. The van der Waals surface area contributed by atoms with E-state index in [1.54, 1.807) is 61.5 Å². The molecule has 1 N–H and O–H groups in total. The lowest BCUT2D eigenvalue weighted by Gasteiger charge is -2.32. The largest absolute Gasteiger partial charge is 0.354 e. The second-order valence-corrected chi connectivity index (χ2v) is 11.8. The number of rotatable bonds is 12. The SMILES string of the molecule is CCCCNC(=O)[C@@H](C)N(Cc1ccccc1Cl)C(=O)CN(c1ccc(C)c(C)c1)S(=O)(=O)c1ccccc1. The first-order valence-electron chi connectivity index (χ1n) is 13.0. The molecule has 39 heavy (non-hydrogen) atoms. The van der Waals surface area contributed by atoms with Gasteiger partial charge in [-0.05, 0) is 74.2 Å². The highest BCUT2D eigenvalue weighted by Crippen LogP contribution is 2.27. The Hall–Kier alpha value is -3.36. The van der Waals surface area contributed by atoms with Gasteiger partial charge in [-0.15, -0.1) is 0 Å². The van der Waals surface area contributed by atoms with Crippen LogP contribution in [0.5, 0.6) is 0 Å². The van der Waals surface area contributed by atoms with Crippen LogP contribution in [-0.2, 0) is 26.2 Å². The molecule has 0 aliphatic rings. The first kappa shape index (κ1) is 30.2. The predicted molar refractivity (Wildman–Crippen MR) is 156 cm³/mol. The van der Waals surface area contributed by atoms with Gasteiger partial charge in [0, 0.05) is 18.1 Å². The number of amides is 2. The second kappa shape index (κ2) is 13.6. The summed E-state index contributed by atoms with van der Waals surface area (Å²) in [6, 6.07) is 19.5. The number of carbonyl (C=O) groups is 2. The summed E-state index contributed by atoms with van der Waals surface area (Å²) in [4.78, 5) is 28.4. The number of carbonyl (C=O) groups excluding carboxylic acids is 2. The van der Waals surface area contributed by atoms with Crippen LogP contribution in [0, 0.1) is 13.8 Å². The highest BCUT2D eigenvalue weighted by atomic mass is 35.5. The topological polar surface area (TPSA) is 86.8 Å². The third kappa shape index (κ3) is 7.61. The molecule has 0 aliphatic heterocycles. The molecule has 9 heteroatoms. The van der Waals surface area contributed by atoms with E-state index in [1.165, 1.54) is 17.0 Å². The summed E-state index contributed by atoms with van der Waals surface area (Å²) in [5, 5.41) is 3.33. The maximum absolute atomic E-state index is 13.9. The third-order valence-electron chi connectivity index (χ3n) is 6.68. The Morgan fingerprint density at radius 3 is 2.26 bits per heavy atom. The molecule has 0 radical (unpaired) electrons. The van der Waals surface area contributed by atoms with Crippen molar-refractivity contribution >= 4 is 39.1 Å². The minimum Gasteiger partial charge on any atom is -0.354 e. The Balaban J connectivity index is 2.02. The molecule has 0 bridgehead atoms. The smallest absolute Gasteiger partial charge is 0.264 e. The molecule has 1 atom stereocenters. The standard InChI is InChI=1S/C30H36ClN3O4S/c1-5-6-18-32-30(36)24(4)33(20-25-12-10-11-15-28(25)31)29(35)21-34(26-17-16-22(2)23(3)19-26)39(37,38)27-13-8-7-9-14-27/h7-17,19,24H,5-6,18,20-21H2,1-4H3,(H,32,36)/t24-/m1/s1. The zero-order chi connectivity index (χ0) is 28.6. The molecule has 3 aromatic rings. The Morgan fingerprint density at radius 1 is 0.949 bits per heavy atom. The number of halogens is 1. The summed E-state index contributed by atoms with van der Waals surface area (Å²) in [6.45, 7) is 7.54. The van der Waals surface area contributed by atoms with E-state index < -0.39 is 28.5 Å². The Bertz CT molecular complexity index is 1400. The van der Waals surface area contributed by atoms with E-state index in [4.69, 9.17) is 11.6 Å². The Labute approximate surface area is 236 Å². The number of hydrogen-bond donors (Lipinski definition) is 1. The molecule has 7 nitrogen and oxygen atoms in total. The lowest BCUT2D eigenvalue weighted by Crippen LogP contribution is -2.51. The molecule has 0 saturated carbocycles. The first-order chi connectivity index (χ1) is 18.6. The number of anilines is 1. The molecule has 0 aliphatic carbocycles. The molecular weight excluding hydrogens is 534 g/mol. The van der Waals surface area contributed by atoms with Crippen LogP contribution in [-0.4, -0.2) is 44.3 Å². The summed E-state index contributed by atoms with van der Waals surface area (Å²) in [6.07, 6.45) is 1.73. The summed E-state index contributed by atoms with van der Waals surface area (Å²) in [7, 11) is -4.10. The van der Waals surface area contributed by atoms with Gasteiger partial charge in [0.2, 0.25) is 11.8 Å². The van der Waals surface area contributed by atoms with Crippen LogP contribution >= 0.6 is 11.6 Å². The van der Waals surface area contributed by atoms with Crippen molar-refractivity contribution in [1.82, 2.24) is 10.2 Å². The van der Waals surface area contributed by atoms with Gasteiger partial charge in [-0.1, -0.05) is 67.4 Å². The highest BCUT2D eigenvalue weighted by molar-refractivity contribution is 7.92. The molecule has 2 amide bonds. The van der Waals surface area contributed by atoms with Crippen molar-refractivity contribution in [2.24, 2.45) is 0 Å². The molecule has 208 valence electrons. The number of benzene rings is 3. The lowest BCUT2D eigenvalue weighted by atomic mass is 10.1. The summed E-state index contributed by atoms with van der Waals surface area (Å²) in [5.41, 5.74) is 2.92. The summed E-state index contributed by atoms with van der Waals surface area (Å²) >= 11 is 6.40. The molecule has 0 unspecified atom stereocenters. The minimum absolute atomic E-state index is 0.0486. The molecule has 0 spiro atoms. The van der Waals surface area contributed by atoms with Gasteiger partial charge in [0.1, 0.15) is 12.6 Å². The van der Waals surface area contributed by atoms with Crippen molar-refractivity contribution < 1.29 is 18.0 Å². The number of hydrogen-bond acceptors (Lipinski definition) is 4. The third-order valence-corrected chi connectivity index (χ3v) is 8.84. The van der Waals surface area contributed by atoms with E-state index in [-0.39, 0.29) is 17.3 Å². The predicted octanol–water partition coefficient (Wildman–Crippen LogP) is 5.49. The van der Waals surface area contributed by atoms with E-state index in [9.17, 15) is 18.0 Å². The van der Waals surface area contributed by atoms with Crippen LogP contribution in [0.2, 0.25) is 5.02 Å². The van der Waals surface area contributed by atoms with Crippen molar-refractivity contribution in [2.75, 3.05) is 17.4 Å². The normalized spacial score (nSPS) is 12.0. The fourth-order valence-corrected chi connectivity index (χ4v) is 5.68. The van der Waals surface area contributed by atoms with Crippen LogP contribution in [0.3, 0.4) is 0 Å². The van der Waals surface area contributed by atoms with Gasteiger partial charge in [-0.3, -0.25) is 13.9 Å². The molecule has 0 heterocycles. The first-order valence-corrected chi connectivity index (χ1v) is 14.8. The van der Waals surface area contributed by atoms with Crippen LogP contribution in [0.15, 0.2) is 77.7 Å². The van der Waals surface area contributed by atoms with Gasteiger partial charge < -0.3 is 10.2 Å². The number of aryl methyl sites for hydroxylation is 2. The second-order valence-electron chi connectivity index (χ2n) is 9.53. The van der Waals surface area contributed by atoms with Gasteiger partial charge in [0.15, 0.2) is 0 Å². The van der Waals surface area contributed by atoms with Crippen LogP contribution < -0.4 is 9.62 Å². The fourth-order valence-electron chi connectivity index (χ4n) is 4.06. The van der Waals surface area contributed by atoms with Crippen molar-refractivity contribution in [3.05, 3.63) is 94.5 Å². The van der Waals surface area contributed by atoms with Crippen molar-refractivity contribution in [1.29, 1.82) is 0 Å². The molecule has 0 aromatic heterocycles. The van der Waals surface area contributed by atoms with Gasteiger partial charge in [0.25, 0.3) is 10.0 Å². The van der Waals surface area contributed by atoms with E-state index in [2.05, 4.69) is 5.32 Å². The zero-order valence-electron chi connectivity index (χ0n) is 22.9. The average Bonchev–Trinajstić information content (AvgIpc) is 2.92. The minimum atomic E-state index is -4.10. The number of sulfonamides is 1. The molecule has 3 aromatic carbocycles. The zero-order valence-corrected chi connectivity index (χ0v) is 24.4. The molecular formula is C30H36ClN3O4S. The van der Waals surface area contributed by atoms with Crippen molar-refractivity contribution in [3.63, 3.8) is 0 Å². The molecule has 0 saturated heterocycles. The molecule has 3 rings (SSSR count). The average molecular weight is 570 g/mol. The maximum Gasteiger partial charge on any atom is 0.264 e. The van der Waals surface area contributed by atoms with E-state index >= 15 is 0 Å². The highest BCUT2D eigenvalue weighted by Gasteiger charge is 2.32. The van der Waals surface area contributed by atoms with Gasteiger partial charge >= 0.3 is 0 Å². The quantitative estimate of drug-likeness (QED) is 0.292. The fraction of sp³-hybridized carbons (Fsp3) is 0.333. The number of nitrogens with one attached hydrogen (secondary N) is 1.